The van der Waals surface area contributed by atoms with Gasteiger partial charge in [0.15, 0.2) is 5.13 Å². The summed E-state index contributed by atoms with van der Waals surface area (Å²) in [4.78, 5) is 16.9. The fourth-order valence-electron chi connectivity index (χ4n) is 2.55. The number of carbonyl (C=O) groups excluding carboxylic acids is 1. The van der Waals surface area contributed by atoms with Gasteiger partial charge >= 0.3 is 0 Å². The smallest absolute Gasteiger partial charge is 0.257 e. The van der Waals surface area contributed by atoms with E-state index in [0.717, 1.165) is 15.9 Å². The first-order valence-electron chi connectivity index (χ1n) is 7.61. The van der Waals surface area contributed by atoms with Crippen molar-refractivity contribution in [1.82, 2.24) is 9.55 Å². The number of rotatable bonds is 3. The van der Waals surface area contributed by atoms with E-state index < -0.39 is 0 Å². The Morgan fingerprint density at radius 3 is 2.58 bits per heavy atom. The van der Waals surface area contributed by atoms with Crippen molar-refractivity contribution in [3.63, 3.8) is 0 Å². The maximum atomic E-state index is 12.4. The minimum Gasteiger partial charge on any atom is -0.324 e. The maximum absolute atomic E-state index is 12.4. The van der Waals surface area contributed by atoms with Gasteiger partial charge in [-0.15, -0.1) is 0 Å². The molecule has 1 amide bonds. The van der Waals surface area contributed by atoms with E-state index in [2.05, 4.69) is 16.4 Å². The molecule has 2 heterocycles. The van der Waals surface area contributed by atoms with Gasteiger partial charge in [0.05, 0.1) is 10.2 Å². The molecule has 1 N–H and O–H groups in total. The van der Waals surface area contributed by atoms with Crippen LogP contribution in [-0.2, 0) is 0 Å². The van der Waals surface area contributed by atoms with Crippen molar-refractivity contribution in [2.75, 3.05) is 5.32 Å². The zero-order chi connectivity index (χ0) is 16.5. The van der Waals surface area contributed by atoms with Gasteiger partial charge in [-0.3, -0.25) is 10.1 Å². The Balaban J connectivity index is 1.54. The molecule has 0 aliphatic heterocycles. The van der Waals surface area contributed by atoms with Crippen LogP contribution in [0.1, 0.15) is 15.9 Å². The van der Waals surface area contributed by atoms with E-state index in [9.17, 15) is 4.79 Å². The molecule has 0 saturated carbocycles. The van der Waals surface area contributed by atoms with Gasteiger partial charge in [-0.25, -0.2) is 4.98 Å². The van der Waals surface area contributed by atoms with Crippen LogP contribution in [0.2, 0.25) is 0 Å². The molecular weight excluding hydrogens is 318 g/mol. The molecule has 4 aromatic rings. The van der Waals surface area contributed by atoms with Crippen molar-refractivity contribution < 1.29 is 4.79 Å². The number of benzene rings is 2. The average Bonchev–Trinajstić information content (AvgIpc) is 3.23. The number of carbonyl (C=O) groups is 1. The highest BCUT2D eigenvalue weighted by atomic mass is 32.1. The highest BCUT2D eigenvalue weighted by Gasteiger charge is 2.10. The molecule has 2 aromatic heterocycles. The summed E-state index contributed by atoms with van der Waals surface area (Å²) in [6, 6.07) is 17.5. The number of thiazole rings is 1. The Labute approximate surface area is 143 Å². The molecule has 0 saturated heterocycles. The van der Waals surface area contributed by atoms with Crippen LogP contribution in [0, 0.1) is 6.92 Å². The van der Waals surface area contributed by atoms with Crippen LogP contribution in [0.5, 0.6) is 0 Å². The van der Waals surface area contributed by atoms with E-state index >= 15 is 0 Å². The summed E-state index contributed by atoms with van der Waals surface area (Å²) in [7, 11) is 0. The van der Waals surface area contributed by atoms with E-state index in [4.69, 9.17) is 0 Å². The third kappa shape index (κ3) is 2.81. The number of nitrogens with one attached hydrogen (secondary N) is 1. The lowest BCUT2D eigenvalue weighted by Crippen LogP contribution is -2.11. The zero-order valence-corrected chi connectivity index (χ0v) is 13.9. The number of hydrogen-bond donors (Lipinski definition) is 1. The van der Waals surface area contributed by atoms with Crippen molar-refractivity contribution in [3.8, 4) is 5.69 Å². The number of nitrogens with zero attached hydrogens (tertiary/aromatic N) is 2. The largest absolute Gasteiger partial charge is 0.324 e. The molecule has 24 heavy (non-hydrogen) atoms. The van der Waals surface area contributed by atoms with Crippen molar-refractivity contribution >= 4 is 32.6 Å². The topological polar surface area (TPSA) is 46.9 Å². The van der Waals surface area contributed by atoms with Gasteiger partial charge in [-0.2, -0.15) is 0 Å². The Bertz CT molecular complexity index is 1000. The Kier molecular flexibility index (Phi) is 3.63. The van der Waals surface area contributed by atoms with Crippen LogP contribution in [0.25, 0.3) is 15.9 Å². The summed E-state index contributed by atoms with van der Waals surface area (Å²) in [5, 5.41) is 3.50. The molecule has 0 fully saturated rings. The molecule has 5 heteroatoms. The van der Waals surface area contributed by atoms with Crippen LogP contribution in [-0.4, -0.2) is 15.5 Å². The summed E-state index contributed by atoms with van der Waals surface area (Å²) < 4.78 is 3.07. The van der Waals surface area contributed by atoms with Crippen LogP contribution in [0.4, 0.5) is 5.13 Å². The van der Waals surface area contributed by atoms with Crippen LogP contribution >= 0.6 is 11.3 Å². The number of hydrogen-bond acceptors (Lipinski definition) is 3. The molecule has 0 bridgehead atoms. The molecule has 0 radical (unpaired) electrons. The molecule has 4 rings (SSSR count). The lowest BCUT2D eigenvalue weighted by molar-refractivity contribution is 0.102. The van der Waals surface area contributed by atoms with Gasteiger partial charge < -0.3 is 4.57 Å². The molecule has 0 spiro atoms. The Hall–Kier alpha value is -2.92. The molecular formula is C19H15N3OS. The van der Waals surface area contributed by atoms with E-state index in [0.29, 0.717) is 10.7 Å². The number of aryl methyl sites for hydroxylation is 1. The van der Waals surface area contributed by atoms with Gasteiger partial charge in [-0.1, -0.05) is 17.4 Å². The second-order valence-corrected chi connectivity index (χ2v) is 6.61. The second kappa shape index (κ2) is 5.94. The average molecular weight is 333 g/mol. The van der Waals surface area contributed by atoms with Crippen LogP contribution in [0.3, 0.4) is 0 Å². The zero-order valence-electron chi connectivity index (χ0n) is 13.1. The first-order chi connectivity index (χ1) is 11.7. The second-order valence-electron chi connectivity index (χ2n) is 5.58. The van der Waals surface area contributed by atoms with Gasteiger partial charge in [-0.05, 0) is 61.0 Å². The fraction of sp³-hybridized carbons (Fsp3) is 0.0526. The van der Waals surface area contributed by atoms with Crippen molar-refractivity contribution in [3.05, 3.63) is 78.1 Å². The monoisotopic (exact) mass is 333 g/mol. The van der Waals surface area contributed by atoms with Crippen LogP contribution < -0.4 is 5.32 Å². The molecule has 0 unspecified atom stereocenters. The SMILES string of the molecule is Cc1ccc2nc(NC(=O)c3ccc(-n4cccc4)cc3)sc2c1. The number of fused-ring (bicyclic) bond motifs is 1. The first kappa shape index (κ1) is 14.7. The van der Waals surface area contributed by atoms with Crippen molar-refractivity contribution in [2.45, 2.75) is 6.92 Å². The highest BCUT2D eigenvalue weighted by Crippen LogP contribution is 2.27. The normalized spacial score (nSPS) is 10.9. The van der Waals surface area contributed by atoms with E-state index in [1.165, 1.54) is 16.9 Å². The molecule has 0 atom stereocenters. The predicted molar refractivity (Wildman–Crippen MR) is 98.1 cm³/mol. The summed E-state index contributed by atoms with van der Waals surface area (Å²) >= 11 is 1.49. The van der Waals surface area contributed by atoms with E-state index in [1.54, 1.807) is 0 Å². The minimum atomic E-state index is -0.148. The maximum Gasteiger partial charge on any atom is 0.257 e. The predicted octanol–water partition coefficient (Wildman–Crippen LogP) is 4.65. The van der Waals surface area contributed by atoms with Gasteiger partial charge in [0.2, 0.25) is 0 Å². The van der Waals surface area contributed by atoms with Crippen LogP contribution in [0.15, 0.2) is 67.0 Å². The van der Waals surface area contributed by atoms with E-state index in [1.807, 2.05) is 72.4 Å². The molecule has 118 valence electrons. The number of anilines is 1. The van der Waals surface area contributed by atoms with Gasteiger partial charge in [0, 0.05) is 23.6 Å². The molecule has 4 nitrogen and oxygen atoms in total. The molecule has 2 aromatic carbocycles. The highest BCUT2D eigenvalue weighted by molar-refractivity contribution is 7.22. The number of amides is 1. The standard InChI is InChI=1S/C19H15N3OS/c1-13-4-9-16-17(12-13)24-19(20-16)21-18(23)14-5-7-15(8-6-14)22-10-2-3-11-22/h2-12H,1H3,(H,20,21,23). The van der Waals surface area contributed by atoms with E-state index in [-0.39, 0.29) is 5.91 Å². The summed E-state index contributed by atoms with van der Waals surface area (Å²) in [5.74, 6) is -0.148. The molecule has 0 aliphatic carbocycles. The quantitative estimate of drug-likeness (QED) is 0.593. The lowest BCUT2D eigenvalue weighted by Gasteiger charge is -2.05. The fourth-order valence-corrected chi connectivity index (χ4v) is 3.51. The summed E-state index contributed by atoms with van der Waals surface area (Å²) in [5.41, 5.74) is 3.72. The third-order valence-electron chi connectivity index (χ3n) is 3.80. The van der Waals surface area contributed by atoms with Crippen molar-refractivity contribution in [1.29, 1.82) is 0 Å². The Morgan fingerprint density at radius 2 is 1.83 bits per heavy atom. The van der Waals surface area contributed by atoms with Crippen molar-refractivity contribution in [2.24, 2.45) is 0 Å². The third-order valence-corrected chi connectivity index (χ3v) is 4.73. The Morgan fingerprint density at radius 1 is 1.08 bits per heavy atom. The minimum absolute atomic E-state index is 0.148. The first-order valence-corrected chi connectivity index (χ1v) is 8.43. The number of aromatic nitrogens is 2. The summed E-state index contributed by atoms with van der Waals surface area (Å²) in [6.07, 6.45) is 3.94. The lowest BCUT2D eigenvalue weighted by atomic mass is 10.2. The van der Waals surface area contributed by atoms with Gasteiger partial charge in [0.1, 0.15) is 0 Å². The summed E-state index contributed by atoms with van der Waals surface area (Å²) in [6.45, 7) is 2.05. The molecule has 0 aliphatic rings. The van der Waals surface area contributed by atoms with Gasteiger partial charge in [0.25, 0.3) is 5.91 Å².